The van der Waals surface area contributed by atoms with Gasteiger partial charge in [-0.15, -0.1) is 0 Å². The summed E-state index contributed by atoms with van der Waals surface area (Å²) >= 11 is 0. The third-order valence-electron chi connectivity index (χ3n) is 3.86. The van der Waals surface area contributed by atoms with Crippen LogP contribution in [-0.2, 0) is 6.42 Å². The van der Waals surface area contributed by atoms with Gasteiger partial charge in [-0.2, -0.15) is 0 Å². The maximum atomic E-state index is 13.2. The molecule has 0 saturated heterocycles. The second kappa shape index (κ2) is 8.14. The van der Waals surface area contributed by atoms with Gasteiger partial charge < -0.3 is 11.1 Å². The van der Waals surface area contributed by atoms with Crippen molar-refractivity contribution in [1.29, 1.82) is 10.8 Å². The molecular weight excluding hydrogens is 341 g/mol. The highest BCUT2D eigenvalue weighted by Crippen LogP contribution is 2.13. The molecule has 3 rings (SSSR count). The van der Waals surface area contributed by atoms with Crippen molar-refractivity contribution >= 4 is 28.3 Å². The highest BCUT2D eigenvalue weighted by atomic mass is 19.1. The maximum absolute atomic E-state index is 13.2. The van der Waals surface area contributed by atoms with Gasteiger partial charge in [0.1, 0.15) is 17.5 Å². The summed E-state index contributed by atoms with van der Waals surface area (Å²) in [4.78, 5) is 8.31. The molecule has 0 aliphatic rings. The number of rotatable bonds is 5. The fraction of sp³-hybridized carbons (Fsp3) is 0.0476. The van der Waals surface area contributed by atoms with Gasteiger partial charge in [-0.25, -0.2) is 9.38 Å². The molecule has 2 aromatic carbocycles. The summed E-state index contributed by atoms with van der Waals surface area (Å²) in [6.45, 7) is 0. The Balaban J connectivity index is 1.65. The van der Waals surface area contributed by atoms with E-state index < -0.39 is 5.82 Å². The van der Waals surface area contributed by atoms with Crippen molar-refractivity contribution in [2.45, 2.75) is 6.42 Å². The number of pyridine rings is 1. The monoisotopic (exact) mass is 359 g/mol. The van der Waals surface area contributed by atoms with Crippen LogP contribution >= 0.6 is 0 Å². The molecule has 0 amide bonds. The van der Waals surface area contributed by atoms with Gasteiger partial charge in [-0.05, 0) is 48.0 Å². The lowest BCUT2D eigenvalue weighted by Gasteiger charge is -2.03. The van der Waals surface area contributed by atoms with Crippen molar-refractivity contribution in [2.24, 2.45) is 10.7 Å². The first-order valence-electron chi connectivity index (χ1n) is 8.29. The Morgan fingerprint density at radius 3 is 2.74 bits per heavy atom. The van der Waals surface area contributed by atoms with Crippen molar-refractivity contribution in [3.63, 3.8) is 0 Å². The molecule has 27 heavy (non-hydrogen) atoms. The van der Waals surface area contributed by atoms with Crippen LogP contribution in [0.2, 0.25) is 0 Å². The number of allylic oxidation sites excluding steroid dienone is 1. The summed E-state index contributed by atoms with van der Waals surface area (Å²) in [6, 6.07) is 15.4. The second-order valence-electron chi connectivity index (χ2n) is 5.95. The fourth-order valence-electron chi connectivity index (χ4n) is 2.59. The van der Waals surface area contributed by atoms with Crippen LogP contribution in [0, 0.1) is 16.6 Å². The van der Waals surface area contributed by atoms with Crippen LogP contribution in [0.25, 0.3) is 10.9 Å². The summed E-state index contributed by atoms with van der Waals surface area (Å²) < 4.78 is 13.2. The standard InChI is InChI=1S/C21H18FN5/c22-17-5-1-3-15(13-17)18(23)7-9-20(24)27-21(25)12-14-6-8-19-16(11-14)4-2-10-26-19/h1-11,13,23H,12H2,(H3,24,25,27)/b9-7-,23-18?. The van der Waals surface area contributed by atoms with E-state index in [1.807, 2.05) is 30.3 Å². The Morgan fingerprint density at radius 2 is 1.93 bits per heavy atom. The average Bonchev–Trinajstić information content (AvgIpc) is 2.66. The lowest BCUT2D eigenvalue weighted by molar-refractivity contribution is 0.627. The number of halogens is 1. The molecule has 0 fully saturated rings. The first-order valence-corrected chi connectivity index (χ1v) is 8.29. The van der Waals surface area contributed by atoms with Crippen LogP contribution < -0.4 is 5.73 Å². The Labute approximate surface area is 156 Å². The molecule has 5 nitrogen and oxygen atoms in total. The van der Waals surface area contributed by atoms with Crippen molar-refractivity contribution in [1.82, 2.24) is 4.98 Å². The maximum Gasteiger partial charge on any atom is 0.146 e. The number of nitrogens with zero attached hydrogens (tertiary/aromatic N) is 2. The molecule has 0 bridgehead atoms. The number of fused-ring (bicyclic) bond motifs is 1. The summed E-state index contributed by atoms with van der Waals surface area (Å²) in [5.74, 6) is -0.185. The molecule has 0 atom stereocenters. The molecular formula is C21H18FN5. The highest BCUT2D eigenvalue weighted by molar-refractivity contribution is 6.11. The van der Waals surface area contributed by atoms with Gasteiger partial charge in [0.2, 0.25) is 0 Å². The van der Waals surface area contributed by atoms with Crippen molar-refractivity contribution in [3.05, 3.63) is 89.9 Å². The Hall–Kier alpha value is -3.67. The van der Waals surface area contributed by atoms with E-state index in [0.717, 1.165) is 16.5 Å². The summed E-state index contributed by atoms with van der Waals surface area (Å²) in [6.07, 6.45) is 4.91. The average molecular weight is 359 g/mol. The van der Waals surface area contributed by atoms with Crippen LogP contribution in [0.4, 0.5) is 4.39 Å². The van der Waals surface area contributed by atoms with Gasteiger partial charge >= 0.3 is 0 Å². The number of aliphatic imine (C=N–C) groups is 1. The van der Waals surface area contributed by atoms with Crippen LogP contribution in [0.1, 0.15) is 11.1 Å². The number of nitrogens with two attached hydrogens (primary N) is 1. The number of nitrogens with one attached hydrogen (secondary N) is 2. The van der Waals surface area contributed by atoms with E-state index in [2.05, 4.69) is 9.98 Å². The van der Waals surface area contributed by atoms with Gasteiger partial charge in [0.05, 0.1) is 11.2 Å². The lowest BCUT2D eigenvalue weighted by atomic mass is 10.1. The molecule has 3 aromatic rings. The van der Waals surface area contributed by atoms with E-state index in [1.165, 1.54) is 30.4 Å². The van der Waals surface area contributed by atoms with Crippen molar-refractivity contribution < 1.29 is 4.39 Å². The minimum Gasteiger partial charge on any atom is -0.387 e. The molecule has 0 spiro atoms. The third-order valence-corrected chi connectivity index (χ3v) is 3.86. The SMILES string of the molecule is N=C(/C=C\C(=N)c1cccc(F)c1)N=C(N)Cc1ccc2ncccc2c1. The highest BCUT2D eigenvalue weighted by Gasteiger charge is 2.02. The van der Waals surface area contributed by atoms with Gasteiger partial charge in [-0.3, -0.25) is 10.4 Å². The van der Waals surface area contributed by atoms with E-state index in [9.17, 15) is 4.39 Å². The van der Waals surface area contributed by atoms with Crippen LogP contribution in [0.3, 0.4) is 0 Å². The fourth-order valence-corrected chi connectivity index (χ4v) is 2.59. The molecule has 0 saturated carbocycles. The zero-order valence-corrected chi connectivity index (χ0v) is 14.5. The third kappa shape index (κ3) is 4.92. The van der Waals surface area contributed by atoms with E-state index in [4.69, 9.17) is 16.6 Å². The minimum absolute atomic E-state index is 0.0730. The number of aromatic nitrogens is 1. The molecule has 0 unspecified atom stereocenters. The van der Waals surface area contributed by atoms with E-state index in [0.29, 0.717) is 17.8 Å². The van der Waals surface area contributed by atoms with Gasteiger partial charge in [0.15, 0.2) is 0 Å². The summed E-state index contributed by atoms with van der Waals surface area (Å²) in [7, 11) is 0. The number of hydrogen-bond acceptors (Lipinski definition) is 3. The Bertz CT molecular complexity index is 1070. The smallest absolute Gasteiger partial charge is 0.146 e. The number of hydrogen-bond donors (Lipinski definition) is 3. The van der Waals surface area contributed by atoms with E-state index in [-0.39, 0.29) is 11.5 Å². The van der Waals surface area contributed by atoms with Gasteiger partial charge in [0.25, 0.3) is 0 Å². The number of amidine groups is 2. The molecule has 1 heterocycles. The predicted octanol–water partition coefficient (Wildman–Crippen LogP) is 3.88. The first-order chi connectivity index (χ1) is 13.0. The predicted molar refractivity (Wildman–Crippen MR) is 107 cm³/mol. The second-order valence-corrected chi connectivity index (χ2v) is 5.95. The number of benzene rings is 2. The molecule has 6 heteroatoms. The zero-order chi connectivity index (χ0) is 19.2. The quantitative estimate of drug-likeness (QED) is 0.476. The summed E-state index contributed by atoms with van der Waals surface area (Å²) in [5.41, 5.74) is 8.35. The van der Waals surface area contributed by atoms with Crippen molar-refractivity contribution in [2.75, 3.05) is 0 Å². The van der Waals surface area contributed by atoms with Crippen LogP contribution in [-0.4, -0.2) is 22.4 Å². The Morgan fingerprint density at radius 1 is 1.07 bits per heavy atom. The van der Waals surface area contributed by atoms with Crippen LogP contribution in [0.15, 0.2) is 77.9 Å². The Kier molecular flexibility index (Phi) is 5.47. The minimum atomic E-state index is -0.409. The first kappa shape index (κ1) is 18.1. The molecule has 1 aromatic heterocycles. The molecule has 0 radical (unpaired) electrons. The molecule has 0 aliphatic heterocycles. The normalized spacial score (nSPS) is 11.8. The lowest BCUT2D eigenvalue weighted by Crippen LogP contribution is -2.16. The molecule has 0 aliphatic carbocycles. The molecule has 4 N–H and O–H groups in total. The largest absolute Gasteiger partial charge is 0.387 e. The van der Waals surface area contributed by atoms with Crippen molar-refractivity contribution in [3.8, 4) is 0 Å². The topological polar surface area (TPSA) is 99.0 Å². The summed E-state index contributed by atoms with van der Waals surface area (Å²) in [5, 5.41) is 16.8. The van der Waals surface area contributed by atoms with E-state index >= 15 is 0 Å². The van der Waals surface area contributed by atoms with Gasteiger partial charge in [0, 0.05) is 23.6 Å². The molecule has 134 valence electrons. The van der Waals surface area contributed by atoms with Gasteiger partial charge in [-0.1, -0.05) is 24.3 Å². The van der Waals surface area contributed by atoms with Crippen LogP contribution in [0.5, 0.6) is 0 Å². The zero-order valence-electron chi connectivity index (χ0n) is 14.5. The van der Waals surface area contributed by atoms with E-state index in [1.54, 1.807) is 12.3 Å².